The summed E-state index contributed by atoms with van der Waals surface area (Å²) in [7, 11) is 5.18. The molecular weight excluding hydrogens is 274 g/mol. The van der Waals surface area contributed by atoms with Gasteiger partial charge in [-0.15, -0.1) is 0 Å². The zero-order chi connectivity index (χ0) is 14.5. The number of hydrogen-bond acceptors (Lipinski definition) is 3. The van der Waals surface area contributed by atoms with Gasteiger partial charge >= 0.3 is 0 Å². The van der Waals surface area contributed by atoms with Crippen molar-refractivity contribution in [3.8, 4) is 22.6 Å². The predicted octanol–water partition coefficient (Wildman–Crippen LogP) is 3.74. The molecule has 0 amide bonds. The number of ether oxygens (including phenoxy) is 2. The molecular formula is C16H18ClNO2. The van der Waals surface area contributed by atoms with E-state index in [1.54, 1.807) is 14.2 Å². The van der Waals surface area contributed by atoms with Crippen LogP contribution >= 0.6 is 11.6 Å². The zero-order valence-electron chi connectivity index (χ0n) is 11.9. The first-order valence-electron chi connectivity index (χ1n) is 6.35. The lowest BCUT2D eigenvalue weighted by Crippen LogP contribution is -2.07. The maximum atomic E-state index is 6.31. The Balaban J connectivity index is 2.64. The molecule has 20 heavy (non-hydrogen) atoms. The van der Waals surface area contributed by atoms with Gasteiger partial charge in [-0.2, -0.15) is 0 Å². The van der Waals surface area contributed by atoms with E-state index in [-0.39, 0.29) is 0 Å². The van der Waals surface area contributed by atoms with Crippen molar-refractivity contribution in [2.75, 3.05) is 21.3 Å². The number of rotatable bonds is 5. The monoisotopic (exact) mass is 291 g/mol. The largest absolute Gasteiger partial charge is 0.493 e. The molecule has 4 heteroatoms. The number of hydrogen-bond donors (Lipinski definition) is 1. The second-order valence-corrected chi connectivity index (χ2v) is 4.78. The second kappa shape index (κ2) is 6.64. The summed E-state index contributed by atoms with van der Waals surface area (Å²) in [6.45, 7) is 0.723. The van der Waals surface area contributed by atoms with Crippen molar-refractivity contribution in [2.24, 2.45) is 0 Å². The lowest BCUT2D eigenvalue weighted by Gasteiger charge is -2.16. The highest BCUT2D eigenvalue weighted by Crippen LogP contribution is 2.38. The summed E-state index contributed by atoms with van der Waals surface area (Å²) < 4.78 is 10.7. The van der Waals surface area contributed by atoms with Crippen LogP contribution in [0.2, 0.25) is 5.02 Å². The van der Waals surface area contributed by atoms with Gasteiger partial charge in [-0.1, -0.05) is 29.8 Å². The molecule has 0 atom stereocenters. The Hall–Kier alpha value is -1.71. The van der Waals surface area contributed by atoms with Crippen LogP contribution in [-0.2, 0) is 6.54 Å². The average Bonchev–Trinajstić information content (AvgIpc) is 2.48. The fourth-order valence-electron chi connectivity index (χ4n) is 2.19. The van der Waals surface area contributed by atoms with Crippen molar-refractivity contribution in [3.63, 3.8) is 0 Å². The molecule has 3 nitrogen and oxygen atoms in total. The van der Waals surface area contributed by atoms with E-state index in [4.69, 9.17) is 21.1 Å². The third-order valence-electron chi connectivity index (χ3n) is 3.14. The number of nitrogens with one attached hydrogen (secondary N) is 1. The van der Waals surface area contributed by atoms with Gasteiger partial charge in [0.05, 0.1) is 14.2 Å². The molecule has 1 N–H and O–H groups in total. The van der Waals surface area contributed by atoms with E-state index in [1.165, 1.54) is 0 Å². The van der Waals surface area contributed by atoms with Crippen molar-refractivity contribution >= 4 is 11.6 Å². The SMILES string of the molecule is CNCc1cc(OC)c(OC)cc1-c1ccccc1Cl. The van der Waals surface area contributed by atoms with Crippen molar-refractivity contribution < 1.29 is 9.47 Å². The maximum absolute atomic E-state index is 6.31. The van der Waals surface area contributed by atoms with Crippen molar-refractivity contribution in [1.82, 2.24) is 5.32 Å². The smallest absolute Gasteiger partial charge is 0.161 e. The van der Waals surface area contributed by atoms with E-state index in [9.17, 15) is 0 Å². The third kappa shape index (κ3) is 2.89. The summed E-state index contributed by atoms with van der Waals surface area (Å²) in [4.78, 5) is 0. The summed E-state index contributed by atoms with van der Waals surface area (Å²) in [6.07, 6.45) is 0. The fraction of sp³-hybridized carbons (Fsp3) is 0.250. The molecule has 2 aromatic rings. The van der Waals surface area contributed by atoms with Gasteiger partial charge in [-0.05, 0) is 36.4 Å². The minimum absolute atomic E-state index is 0.697. The molecule has 0 bridgehead atoms. The van der Waals surface area contributed by atoms with Crippen LogP contribution < -0.4 is 14.8 Å². The topological polar surface area (TPSA) is 30.5 Å². The van der Waals surface area contributed by atoms with Crippen LogP contribution in [0.15, 0.2) is 36.4 Å². The van der Waals surface area contributed by atoms with E-state index >= 15 is 0 Å². The highest BCUT2D eigenvalue weighted by molar-refractivity contribution is 6.33. The number of halogens is 1. The molecule has 0 heterocycles. The van der Waals surface area contributed by atoms with Crippen LogP contribution in [0.3, 0.4) is 0 Å². The Morgan fingerprint density at radius 2 is 1.65 bits per heavy atom. The van der Waals surface area contributed by atoms with E-state index < -0.39 is 0 Å². The minimum Gasteiger partial charge on any atom is -0.493 e. The molecule has 0 saturated carbocycles. The molecule has 106 valence electrons. The van der Waals surface area contributed by atoms with Gasteiger partial charge < -0.3 is 14.8 Å². The normalized spacial score (nSPS) is 10.4. The van der Waals surface area contributed by atoms with Gasteiger partial charge in [0.1, 0.15) is 0 Å². The highest BCUT2D eigenvalue weighted by Gasteiger charge is 2.14. The lowest BCUT2D eigenvalue weighted by molar-refractivity contribution is 0.354. The van der Waals surface area contributed by atoms with Gasteiger partial charge in [-0.25, -0.2) is 0 Å². The van der Waals surface area contributed by atoms with Crippen molar-refractivity contribution in [3.05, 3.63) is 47.0 Å². The standard InChI is InChI=1S/C16H18ClNO2/c1-18-10-11-8-15(19-2)16(20-3)9-13(11)12-6-4-5-7-14(12)17/h4-9,18H,10H2,1-3H3. The van der Waals surface area contributed by atoms with Crippen LogP contribution in [0.1, 0.15) is 5.56 Å². The van der Waals surface area contributed by atoms with Crippen molar-refractivity contribution in [1.29, 1.82) is 0 Å². The van der Waals surface area contributed by atoms with Gasteiger partial charge in [0.2, 0.25) is 0 Å². The van der Waals surface area contributed by atoms with E-state index in [0.717, 1.165) is 28.3 Å². The van der Waals surface area contributed by atoms with Gasteiger partial charge in [-0.3, -0.25) is 0 Å². The van der Waals surface area contributed by atoms with E-state index in [1.807, 2.05) is 43.4 Å². The summed E-state index contributed by atoms with van der Waals surface area (Å²) in [5.74, 6) is 1.41. The maximum Gasteiger partial charge on any atom is 0.161 e. The predicted molar refractivity (Wildman–Crippen MR) is 82.8 cm³/mol. The van der Waals surface area contributed by atoms with Crippen LogP contribution in [0.4, 0.5) is 0 Å². The highest BCUT2D eigenvalue weighted by atomic mass is 35.5. The Morgan fingerprint density at radius 1 is 1.00 bits per heavy atom. The van der Waals surface area contributed by atoms with Crippen LogP contribution in [-0.4, -0.2) is 21.3 Å². The summed E-state index contributed by atoms with van der Waals surface area (Å²) in [5, 5.41) is 3.88. The molecule has 0 spiro atoms. The molecule has 0 aliphatic carbocycles. The van der Waals surface area contributed by atoms with Crippen LogP contribution in [0, 0.1) is 0 Å². The molecule has 2 rings (SSSR count). The van der Waals surface area contributed by atoms with E-state index in [2.05, 4.69) is 5.32 Å². The Morgan fingerprint density at radius 3 is 2.25 bits per heavy atom. The Kier molecular flexibility index (Phi) is 4.88. The summed E-state index contributed by atoms with van der Waals surface area (Å²) >= 11 is 6.31. The Labute approximate surface area is 124 Å². The molecule has 2 aromatic carbocycles. The first kappa shape index (κ1) is 14.7. The number of benzene rings is 2. The lowest BCUT2D eigenvalue weighted by atomic mass is 9.98. The first-order valence-corrected chi connectivity index (χ1v) is 6.73. The first-order chi connectivity index (χ1) is 9.71. The molecule has 0 fully saturated rings. The molecule has 0 radical (unpaired) electrons. The molecule has 0 unspecified atom stereocenters. The van der Waals surface area contributed by atoms with Gasteiger partial charge in [0, 0.05) is 17.1 Å². The minimum atomic E-state index is 0.697. The Bertz CT molecular complexity index is 599. The third-order valence-corrected chi connectivity index (χ3v) is 3.47. The van der Waals surface area contributed by atoms with Gasteiger partial charge in [0.15, 0.2) is 11.5 Å². The van der Waals surface area contributed by atoms with Crippen LogP contribution in [0.5, 0.6) is 11.5 Å². The number of methoxy groups -OCH3 is 2. The fourth-order valence-corrected chi connectivity index (χ4v) is 2.43. The second-order valence-electron chi connectivity index (χ2n) is 4.37. The van der Waals surface area contributed by atoms with Crippen molar-refractivity contribution in [2.45, 2.75) is 6.54 Å². The summed E-state index contributed by atoms with van der Waals surface area (Å²) in [5.41, 5.74) is 3.14. The van der Waals surface area contributed by atoms with E-state index in [0.29, 0.717) is 11.5 Å². The molecule has 0 aromatic heterocycles. The van der Waals surface area contributed by atoms with Gasteiger partial charge in [0.25, 0.3) is 0 Å². The average molecular weight is 292 g/mol. The zero-order valence-corrected chi connectivity index (χ0v) is 12.6. The molecule has 0 saturated heterocycles. The molecule has 0 aliphatic heterocycles. The van der Waals surface area contributed by atoms with Crippen LogP contribution in [0.25, 0.3) is 11.1 Å². The quantitative estimate of drug-likeness (QED) is 0.910. The summed E-state index contributed by atoms with van der Waals surface area (Å²) in [6, 6.07) is 11.7. The molecule has 0 aliphatic rings.